The molecule has 1 aliphatic rings. The number of hydrogen-bond acceptors (Lipinski definition) is 3. The Morgan fingerprint density at radius 3 is 3.07 bits per heavy atom. The molecule has 1 heterocycles. The molecule has 1 aromatic carbocycles. The normalized spacial score (nSPS) is 21.1. The Morgan fingerprint density at radius 2 is 2.36 bits per heavy atom. The van der Waals surface area contributed by atoms with Crippen molar-refractivity contribution in [2.45, 2.75) is 19.4 Å². The molecule has 0 spiro atoms. The van der Waals surface area contributed by atoms with Crippen LogP contribution in [0.3, 0.4) is 0 Å². The Labute approximate surface area is 83.8 Å². The van der Waals surface area contributed by atoms with Crippen molar-refractivity contribution >= 4 is 5.69 Å². The van der Waals surface area contributed by atoms with Crippen molar-refractivity contribution in [3.63, 3.8) is 0 Å². The maximum absolute atomic E-state index is 5.89. The molecule has 0 aliphatic carbocycles. The van der Waals surface area contributed by atoms with E-state index in [-0.39, 0.29) is 6.10 Å². The fourth-order valence-corrected chi connectivity index (χ4v) is 1.54. The topological polar surface area (TPSA) is 44.5 Å². The van der Waals surface area contributed by atoms with E-state index in [1.807, 2.05) is 25.1 Å². The van der Waals surface area contributed by atoms with Gasteiger partial charge >= 0.3 is 0 Å². The van der Waals surface area contributed by atoms with Crippen molar-refractivity contribution in [2.24, 2.45) is 0 Å². The van der Waals surface area contributed by atoms with Crippen LogP contribution >= 0.6 is 0 Å². The summed E-state index contributed by atoms with van der Waals surface area (Å²) >= 11 is 0. The molecule has 0 unspecified atom stereocenters. The molecule has 0 bridgehead atoms. The Hall–Kier alpha value is -1.22. The number of benzene rings is 1. The van der Waals surface area contributed by atoms with Gasteiger partial charge in [0.15, 0.2) is 0 Å². The monoisotopic (exact) mass is 193 g/mol. The van der Waals surface area contributed by atoms with Gasteiger partial charge in [0.05, 0.1) is 18.9 Å². The van der Waals surface area contributed by atoms with E-state index in [0.29, 0.717) is 6.61 Å². The number of anilines is 1. The number of aryl methyl sites for hydroxylation is 1. The van der Waals surface area contributed by atoms with Gasteiger partial charge in [-0.25, -0.2) is 0 Å². The molecular formula is C11H15NO2. The summed E-state index contributed by atoms with van der Waals surface area (Å²) < 4.78 is 11.0. The lowest BCUT2D eigenvalue weighted by Crippen LogP contribution is -2.16. The zero-order valence-corrected chi connectivity index (χ0v) is 8.32. The van der Waals surface area contributed by atoms with Gasteiger partial charge in [-0.1, -0.05) is 12.1 Å². The number of nitrogens with two attached hydrogens (primary N) is 1. The van der Waals surface area contributed by atoms with E-state index in [0.717, 1.165) is 30.0 Å². The molecule has 76 valence electrons. The van der Waals surface area contributed by atoms with Crippen molar-refractivity contribution in [3.05, 3.63) is 23.8 Å². The first-order valence-corrected chi connectivity index (χ1v) is 4.87. The van der Waals surface area contributed by atoms with Crippen LogP contribution in [0.1, 0.15) is 12.0 Å². The van der Waals surface area contributed by atoms with Gasteiger partial charge in [-0.2, -0.15) is 0 Å². The van der Waals surface area contributed by atoms with Crippen LogP contribution < -0.4 is 10.5 Å². The number of rotatable bonds is 2. The zero-order chi connectivity index (χ0) is 9.97. The van der Waals surface area contributed by atoms with Crippen molar-refractivity contribution in [2.75, 3.05) is 18.9 Å². The lowest BCUT2D eigenvalue weighted by atomic mass is 10.2. The van der Waals surface area contributed by atoms with E-state index in [9.17, 15) is 0 Å². The Bertz CT molecular complexity index is 319. The molecule has 14 heavy (non-hydrogen) atoms. The van der Waals surface area contributed by atoms with E-state index in [1.54, 1.807) is 0 Å². The second kappa shape index (κ2) is 3.88. The highest BCUT2D eigenvalue weighted by atomic mass is 16.5. The first kappa shape index (κ1) is 9.34. The standard InChI is InChI=1S/C11H15NO2/c1-8-3-2-4-10(11(8)12)14-9-5-6-13-7-9/h2-4,9H,5-7,12H2,1H3/t9-/m0/s1. The lowest BCUT2D eigenvalue weighted by Gasteiger charge is -2.14. The highest BCUT2D eigenvalue weighted by molar-refractivity contribution is 5.57. The van der Waals surface area contributed by atoms with Crippen LogP contribution in [0.4, 0.5) is 5.69 Å². The summed E-state index contributed by atoms with van der Waals surface area (Å²) in [6, 6.07) is 5.84. The molecule has 1 aromatic rings. The predicted octanol–water partition coefficient (Wildman–Crippen LogP) is 1.74. The van der Waals surface area contributed by atoms with Crippen LogP contribution in [0.5, 0.6) is 5.75 Å². The van der Waals surface area contributed by atoms with Gasteiger partial charge in [-0.3, -0.25) is 0 Å². The van der Waals surface area contributed by atoms with Gasteiger partial charge in [-0.05, 0) is 18.6 Å². The van der Waals surface area contributed by atoms with Gasteiger partial charge in [0.25, 0.3) is 0 Å². The van der Waals surface area contributed by atoms with Crippen molar-refractivity contribution in [3.8, 4) is 5.75 Å². The minimum absolute atomic E-state index is 0.166. The largest absolute Gasteiger partial charge is 0.486 e. The Kier molecular flexibility index (Phi) is 2.59. The van der Waals surface area contributed by atoms with Gasteiger partial charge < -0.3 is 15.2 Å². The molecule has 1 aliphatic heterocycles. The predicted molar refractivity (Wildman–Crippen MR) is 55.4 cm³/mol. The number of para-hydroxylation sites is 1. The molecule has 1 fully saturated rings. The second-order valence-corrected chi connectivity index (χ2v) is 3.59. The Balaban J connectivity index is 2.11. The molecule has 0 aromatic heterocycles. The second-order valence-electron chi connectivity index (χ2n) is 3.59. The first-order chi connectivity index (χ1) is 6.77. The summed E-state index contributed by atoms with van der Waals surface area (Å²) in [5.74, 6) is 0.778. The lowest BCUT2D eigenvalue weighted by molar-refractivity contribution is 0.142. The summed E-state index contributed by atoms with van der Waals surface area (Å²) in [6.07, 6.45) is 1.12. The van der Waals surface area contributed by atoms with E-state index in [2.05, 4.69) is 0 Å². The molecule has 0 saturated carbocycles. The quantitative estimate of drug-likeness (QED) is 0.728. The maximum Gasteiger partial charge on any atom is 0.143 e. The molecular weight excluding hydrogens is 178 g/mol. The van der Waals surface area contributed by atoms with Crippen molar-refractivity contribution in [1.29, 1.82) is 0 Å². The number of hydrogen-bond donors (Lipinski definition) is 1. The minimum atomic E-state index is 0.166. The first-order valence-electron chi connectivity index (χ1n) is 4.87. The minimum Gasteiger partial charge on any atom is -0.486 e. The molecule has 2 rings (SSSR count). The van der Waals surface area contributed by atoms with E-state index >= 15 is 0 Å². The average Bonchev–Trinajstić information content (AvgIpc) is 2.66. The fraction of sp³-hybridized carbons (Fsp3) is 0.455. The maximum atomic E-state index is 5.89. The van der Waals surface area contributed by atoms with Gasteiger partial charge in [0.2, 0.25) is 0 Å². The van der Waals surface area contributed by atoms with E-state index in [1.165, 1.54) is 0 Å². The summed E-state index contributed by atoms with van der Waals surface area (Å²) in [5.41, 5.74) is 7.69. The number of nitrogen functional groups attached to an aromatic ring is 1. The molecule has 0 amide bonds. The average molecular weight is 193 g/mol. The number of ether oxygens (including phenoxy) is 2. The molecule has 3 heteroatoms. The van der Waals surface area contributed by atoms with Crippen LogP contribution in [-0.4, -0.2) is 19.3 Å². The van der Waals surface area contributed by atoms with Crippen molar-refractivity contribution < 1.29 is 9.47 Å². The van der Waals surface area contributed by atoms with Crippen LogP contribution in [0.2, 0.25) is 0 Å². The van der Waals surface area contributed by atoms with Crippen LogP contribution in [0.25, 0.3) is 0 Å². The van der Waals surface area contributed by atoms with Gasteiger partial charge in [0, 0.05) is 6.42 Å². The SMILES string of the molecule is Cc1cccc(O[C@H]2CCOC2)c1N. The molecule has 2 N–H and O–H groups in total. The van der Waals surface area contributed by atoms with Crippen LogP contribution in [0, 0.1) is 6.92 Å². The molecule has 3 nitrogen and oxygen atoms in total. The Morgan fingerprint density at radius 1 is 1.50 bits per heavy atom. The summed E-state index contributed by atoms with van der Waals surface area (Å²) in [6.45, 7) is 3.44. The van der Waals surface area contributed by atoms with Gasteiger partial charge in [-0.15, -0.1) is 0 Å². The highest BCUT2D eigenvalue weighted by Crippen LogP contribution is 2.26. The molecule has 1 atom stereocenters. The smallest absolute Gasteiger partial charge is 0.143 e. The van der Waals surface area contributed by atoms with E-state index in [4.69, 9.17) is 15.2 Å². The molecule has 0 radical (unpaired) electrons. The van der Waals surface area contributed by atoms with Crippen molar-refractivity contribution in [1.82, 2.24) is 0 Å². The van der Waals surface area contributed by atoms with Crippen LogP contribution in [-0.2, 0) is 4.74 Å². The third-order valence-electron chi connectivity index (χ3n) is 2.47. The molecule has 1 saturated heterocycles. The van der Waals surface area contributed by atoms with E-state index < -0.39 is 0 Å². The third-order valence-corrected chi connectivity index (χ3v) is 2.47. The summed E-state index contributed by atoms with van der Waals surface area (Å²) in [4.78, 5) is 0. The van der Waals surface area contributed by atoms with Crippen LogP contribution in [0.15, 0.2) is 18.2 Å². The van der Waals surface area contributed by atoms with Gasteiger partial charge in [0.1, 0.15) is 11.9 Å². The summed E-state index contributed by atoms with van der Waals surface area (Å²) in [7, 11) is 0. The highest BCUT2D eigenvalue weighted by Gasteiger charge is 2.18. The third kappa shape index (κ3) is 1.82. The summed E-state index contributed by atoms with van der Waals surface area (Å²) in [5, 5.41) is 0. The fourth-order valence-electron chi connectivity index (χ4n) is 1.54. The zero-order valence-electron chi connectivity index (χ0n) is 8.32.